The topological polar surface area (TPSA) is 105 Å². The molecular formula is C18H33NO5S2. The maximum Gasteiger partial charge on any atom is 0.136 e. The Balaban J connectivity index is 2.30. The second kappa shape index (κ2) is 9.60. The van der Waals surface area contributed by atoms with Crippen LogP contribution >= 0.6 is 11.8 Å². The highest BCUT2D eigenvalue weighted by Gasteiger charge is 2.49. The van der Waals surface area contributed by atoms with Crippen LogP contribution in [-0.2, 0) is 16.1 Å². The van der Waals surface area contributed by atoms with E-state index >= 15 is 0 Å². The van der Waals surface area contributed by atoms with Crippen LogP contribution in [0.4, 0.5) is 0 Å². The number of allylic oxidation sites excluding steroid dienone is 1. The number of fused-ring (bicyclic) bond motifs is 2. The molecule has 0 amide bonds. The number of aliphatic hydroxyl groups excluding tert-OH is 3. The average Bonchev–Trinajstić information content (AvgIpc) is 2.56. The molecule has 152 valence electrons. The second-order valence-corrected chi connectivity index (χ2v) is 11.3. The van der Waals surface area contributed by atoms with Gasteiger partial charge in [-0.2, -0.15) is 0 Å². The molecule has 8 heteroatoms. The molecule has 2 aliphatic rings. The summed E-state index contributed by atoms with van der Waals surface area (Å²) < 4.78 is 21.4. The van der Waals surface area contributed by atoms with Gasteiger partial charge in [0.15, 0.2) is 0 Å². The van der Waals surface area contributed by atoms with Crippen molar-refractivity contribution in [3.63, 3.8) is 0 Å². The van der Waals surface area contributed by atoms with E-state index in [2.05, 4.69) is 16.9 Å². The monoisotopic (exact) mass is 407 g/mol. The van der Waals surface area contributed by atoms with Crippen LogP contribution in [0.15, 0.2) is 12.2 Å². The summed E-state index contributed by atoms with van der Waals surface area (Å²) in [5.74, 6) is 0.751. The van der Waals surface area contributed by atoms with Gasteiger partial charge in [-0.25, -0.2) is 0 Å². The number of nitrogens with one attached hydrogen (secondary N) is 1. The summed E-state index contributed by atoms with van der Waals surface area (Å²) in [7, 11) is 0. The highest BCUT2D eigenvalue weighted by molar-refractivity contribution is 7.99. The third-order valence-electron chi connectivity index (χ3n) is 4.81. The van der Waals surface area contributed by atoms with Crippen molar-refractivity contribution in [2.24, 2.45) is 5.92 Å². The fraction of sp³-hybridized carbons (Fsp3) is 0.889. The Morgan fingerprint density at radius 1 is 1.15 bits per heavy atom. The van der Waals surface area contributed by atoms with Gasteiger partial charge in [0, 0.05) is 11.4 Å². The largest absolute Gasteiger partial charge is 0.598 e. The summed E-state index contributed by atoms with van der Waals surface area (Å²) in [6.45, 7) is 7.61. The molecule has 0 aromatic heterocycles. The van der Waals surface area contributed by atoms with Gasteiger partial charge in [0.1, 0.15) is 34.6 Å². The zero-order chi connectivity index (χ0) is 19.5. The SMILES string of the molecule is C[C@H]1/C=C/CCCCS[C@H]2O[C@@H]([C@H](O)[C@H](O)[C@H]2O)[C@@H]1N[S@+]([O-])C(C)(C)C. The third kappa shape index (κ3) is 5.61. The quantitative estimate of drug-likeness (QED) is 0.404. The van der Waals surface area contributed by atoms with Crippen LogP contribution in [0.5, 0.6) is 0 Å². The molecule has 0 spiro atoms. The van der Waals surface area contributed by atoms with Crippen LogP contribution in [0.2, 0.25) is 0 Å². The van der Waals surface area contributed by atoms with Crippen LogP contribution in [-0.4, -0.2) is 66.3 Å². The smallest absolute Gasteiger partial charge is 0.136 e. The first-order valence-corrected chi connectivity index (χ1v) is 11.5. The van der Waals surface area contributed by atoms with Gasteiger partial charge >= 0.3 is 0 Å². The highest BCUT2D eigenvalue weighted by Crippen LogP contribution is 2.33. The molecule has 26 heavy (non-hydrogen) atoms. The Morgan fingerprint density at radius 3 is 2.50 bits per heavy atom. The standard InChI is InChI=1S/C18H33NO5S2/c1-11-9-7-5-6-8-10-25-17-15(22)13(20)14(21)16(24-17)12(11)19-26(23)18(2,3)4/h7,9,11-17,19-22H,5-6,8,10H2,1-4H3/b9-7+/t11-,12+,13-,14+,15+,16+,17+,26+/m0/s1. The van der Waals surface area contributed by atoms with Crippen LogP contribution in [0.3, 0.4) is 0 Å². The van der Waals surface area contributed by atoms with Crippen molar-refractivity contribution in [1.29, 1.82) is 0 Å². The van der Waals surface area contributed by atoms with E-state index in [1.54, 1.807) is 0 Å². The van der Waals surface area contributed by atoms with E-state index < -0.39 is 52.0 Å². The number of aliphatic hydroxyl groups is 3. The predicted molar refractivity (Wildman–Crippen MR) is 106 cm³/mol. The molecule has 2 bridgehead atoms. The van der Waals surface area contributed by atoms with Gasteiger partial charge in [-0.05, 0) is 51.7 Å². The van der Waals surface area contributed by atoms with E-state index in [9.17, 15) is 19.9 Å². The van der Waals surface area contributed by atoms with E-state index in [1.807, 2.05) is 27.7 Å². The minimum absolute atomic E-state index is 0.0616. The van der Waals surface area contributed by atoms with Crippen molar-refractivity contribution >= 4 is 23.1 Å². The second-order valence-electron chi connectivity index (χ2n) is 8.12. The van der Waals surface area contributed by atoms with Crippen LogP contribution in [0.25, 0.3) is 0 Å². The Kier molecular flexibility index (Phi) is 8.31. The van der Waals surface area contributed by atoms with Crippen molar-refractivity contribution in [2.75, 3.05) is 5.75 Å². The van der Waals surface area contributed by atoms with Crippen LogP contribution in [0.1, 0.15) is 47.0 Å². The first-order chi connectivity index (χ1) is 12.1. The molecule has 1 fully saturated rings. The summed E-state index contributed by atoms with van der Waals surface area (Å²) in [5, 5.41) is 31.2. The zero-order valence-corrected chi connectivity index (χ0v) is 17.6. The number of ether oxygens (including phenoxy) is 1. The molecule has 2 rings (SSSR count). The lowest BCUT2D eigenvalue weighted by molar-refractivity contribution is -0.205. The number of rotatable bonds is 2. The van der Waals surface area contributed by atoms with E-state index in [1.165, 1.54) is 11.8 Å². The van der Waals surface area contributed by atoms with E-state index in [4.69, 9.17) is 4.74 Å². The number of hydrogen-bond acceptors (Lipinski definition) is 7. The molecule has 2 heterocycles. The maximum absolute atomic E-state index is 12.7. The molecule has 0 aromatic rings. The molecule has 0 radical (unpaired) electrons. The molecule has 8 atom stereocenters. The lowest BCUT2D eigenvalue weighted by Crippen LogP contribution is -2.64. The molecule has 0 aliphatic carbocycles. The zero-order valence-electron chi connectivity index (χ0n) is 16.0. The van der Waals surface area contributed by atoms with Gasteiger partial charge in [-0.15, -0.1) is 16.5 Å². The van der Waals surface area contributed by atoms with E-state index in [0.717, 1.165) is 25.0 Å². The third-order valence-corrected chi connectivity index (χ3v) is 7.65. The van der Waals surface area contributed by atoms with Crippen molar-refractivity contribution in [2.45, 2.75) is 87.6 Å². The molecule has 0 aromatic carbocycles. The van der Waals surface area contributed by atoms with Gasteiger partial charge < -0.3 is 24.6 Å². The Morgan fingerprint density at radius 2 is 1.85 bits per heavy atom. The lowest BCUT2D eigenvalue weighted by Gasteiger charge is -2.45. The summed E-state index contributed by atoms with van der Waals surface area (Å²) in [6, 6.07) is -0.453. The first-order valence-electron chi connectivity index (χ1n) is 9.29. The Hall–Kier alpha value is 0.200. The van der Waals surface area contributed by atoms with Crippen molar-refractivity contribution in [3.05, 3.63) is 12.2 Å². The molecular weight excluding hydrogens is 374 g/mol. The highest BCUT2D eigenvalue weighted by atomic mass is 32.2. The van der Waals surface area contributed by atoms with Gasteiger partial charge in [0.05, 0.1) is 6.04 Å². The minimum atomic E-state index is -1.36. The van der Waals surface area contributed by atoms with Gasteiger partial charge in [0.25, 0.3) is 0 Å². The number of hydrogen-bond donors (Lipinski definition) is 4. The summed E-state index contributed by atoms with van der Waals surface area (Å²) in [6.07, 6.45) is 2.70. The minimum Gasteiger partial charge on any atom is -0.598 e. The average molecular weight is 408 g/mol. The van der Waals surface area contributed by atoms with Gasteiger partial charge in [-0.1, -0.05) is 19.1 Å². The summed E-state index contributed by atoms with van der Waals surface area (Å²) >= 11 is 0.104. The fourth-order valence-corrected chi connectivity index (χ4v) is 5.19. The molecule has 4 N–H and O–H groups in total. The number of thioether (sulfide) groups is 1. The summed E-state index contributed by atoms with van der Waals surface area (Å²) in [4.78, 5) is 0. The molecule has 1 saturated heterocycles. The summed E-state index contributed by atoms with van der Waals surface area (Å²) in [5.41, 5.74) is -0.610. The first kappa shape index (κ1) is 22.5. The van der Waals surface area contributed by atoms with Gasteiger partial charge in [0.2, 0.25) is 0 Å². The Bertz CT molecular complexity index is 473. The normalized spacial score (nSPS) is 42.4. The van der Waals surface area contributed by atoms with Crippen LogP contribution in [0, 0.1) is 5.92 Å². The van der Waals surface area contributed by atoms with Crippen molar-refractivity contribution in [3.8, 4) is 0 Å². The molecule has 6 nitrogen and oxygen atoms in total. The van der Waals surface area contributed by atoms with Crippen LogP contribution < -0.4 is 4.72 Å². The molecule has 2 aliphatic heterocycles. The predicted octanol–water partition coefficient (Wildman–Crippen LogP) is 1.32. The maximum atomic E-state index is 12.7. The van der Waals surface area contributed by atoms with Crippen molar-refractivity contribution in [1.82, 2.24) is 4.72 Å². The lowest BCUT2D eigenvalue weighted by atomic mass is 9.88. The fourth-order valence-electron chi connectivity index (χ4n) is 3.08. The van der Waals surface area contributed by atoms with E-state index in [-0.39, 0.29) is 5.92 Å². The molecule has 0 unspecified atom stereocenters. The molecule has 0 saturated carbocycles. The Labute approximate surface area is 164 Å². The van der Waals surface area contributed by atoms with Crippen molar-refractivity contribution < 1.29 is 24.6 Å². The van der Waals surface area contributed by atoms with Gasteiger partial charge in [-0.3, -0.25) is 0 Å². The van der Waals surface area contributed by atoms with E-state index in [0.29, 0.717) is 0 Å².